The Labute approximate surface area is 163 Å². The zero-order valence-electron chi connectivity index (χ0n) is 15.8. The average Bonchev–Trinajstić information content (AvgIpc) is 2.72. The van der Waals surface area contributed by atoms with Gasteiger partial charge in [-0.1, -0.05) is 0 Å². The molecule has 0 radical (unpaired) electrons. The van der Waals surface area contributed by atoms with Crippen LogP contribution >= 0.6 is 0 Å². The van der Waals surface area contributed by atoms with Crippen molar-refractivity contribution in [1.29, 1.82) is 0 Å². The van der Waals surface area contributed by atoms with E-state index in [1.54, 1.807) is 6.07 Å². The summed E-state index contributed by atoms with van der Waals surface area (Å²) in [5, 5.41) is 5.85. The fourth-order valence-corrected chi connectivity index (χ4v) is 2.77. The molecule has 7 heteroatoms. The number of carbonyl (C=O) groups is 1. The molecule has 0 spiro atoms. The summed E-state index contributed by atoms with van der Waals surface area (Å²) in [5.41, 5.74) is 2.71. The molecule has 0 aliphatic carbocycles. The first-order valence-electron chi connectivity index (χ1n) is 9.10. The molecule has 3 rings (SSSR count). The van der Waals surface area contributed by atoms with Gasteiger partial charge in [-0.15, -0.1) is 0 Å². The van der Waals surface area contributed by atoms with Crippen molar-refractivity contribution in [3.63, 3.8) is 0 Å². The van der Waals surface area contributed by atoms with E-state index in [2.05, 4.69) is 39.3 Å². The SMILES string of the molecule is CCN(CC)c1ccc(Nc2cc(C(=O)Nc3ccc(F)cc3)ncn2)cc1. The van der Waals surface area contributed by atoms with Crippen LogP contribution < -0.4 is 15.5 Å². The number of aromatic nitrogens is 2. The molecule has 1 aromatic heterocycles. The summed E-state index contributed by atoms with van der Waals surface area (Å²) in [7, 11) is 0. The van der Waals surface area contributed by atoms with Gasteiger partial charge in [-0.2, -0.15) is 0 Å². The summed E-state index contributed by atoms with van der Waals surface area (Å²) in [5.74, 6) is -0.248. The van der Waals surface area contributed by atoms with Crippen molar-refractivity contribution in [2.45, 2.75) is 13.8 Å². The van der Waals surface area contributed by atoms with E-state index in [1.165, 1.54) is 30.6 Å². The third-order valence-electron chi connectivity index (χ3n) is 4.27. The molecule has 0 aliphatic heterocycles. The summed E-state index contributed by atoms with van der Waals surface area (Å²) in [6, 6.07) is 15.1. The molecule has 3 aromatic rings. The van der Waals surface area contributed by atoms with Crippen molar-refractivity contribution in [2.24, 2.45) is 0 Å². The van der Waals surface area contributed by atoms with Gasteiger partial charge in [0.2, 0.25) is 0 Å². The smallest absolute Gasteiger partial charge is 0.274 e. The van der Waals surface area contributed by atoms with Gasteiger partial charge in [-0.3, -0.25) is 4.79 Å². The van der Waals surface area contributed by atoms with Gasteiger partial charge < -0.3 is 15.5 Å². The predicted octanol–water partition coefficient (Wildman–Crippen LogP) is 4.46. The third-order valence-corrected chi connectivity index (χ3v) is 4.27. The number of anilines is 4. The van der Waals surface area contributed by atoms with Crippen LogP contribution in [0.4, 0.5) is 27.3 Å². The van der Waals surface area contributed by atoms with E-state index >= 15 is 0 Å². The Balaban J connectivity index is 1.69. The maximum atomic E-state index is 13.0. The van der Waals surface area contributed by atoms with Crippen LogP contribution in [0.1, 0.15) is 24.3 Å². The first kappa shape index (κ1) is 19.3. The number of nitrogens with one attached hydrogen (secondary N) is 2. The number of carbonyl (C=O) groups excluding carboxylic acids is 1. The van der Waals surface area contributed by atoms with E-state index in [-0.39, 0.29) is 11.5 Å². The minimum Gasteiger partial charge on any atom is -0.372 e. The Morgan fingerprint density at radius 2 is 1.61 bits per heavy atom. The minimum atomic E-state index is -0.395. The quantitative estimate of drug-likeness (QED) is 0.634. The van der Waals surface area contributed by atoms with Crippen LogP contribution in [-0.4, -0.2) is 29.0 Å². The fraction of sp³-hybridized carbons (Fsp3) is 0.190. The Morgan fingerprint density at radius 1 is 0.964 bits per heavy atom. The molecule has 0 aliphatic rings. The van der Waals surface area contributed by atoms with Crippen molar-refractivity contribution < 1.29 is 9.18 Å². The lowest BCUT2D eigenvalue weighted by atomic mass is 10.2. The highest BCUT2D eigenvalue weighted by Gasteiger charge is 2.10. The standard InChI is InChI=1S/C21H22FN5O/c1-3-27(4-2)18-11-9-16(10-12-18)25-20-13-19(23-14-24-20)21(28)26-17-7-5-15(22)6-8-17/h5-14H,3-4H2,1-2H3,(H,26,28)(H,23,24,25). The van der Waals surface area contributed by atoms with Crippen molar-refractivity contribution in [2.75, 3.05) is 28.6 Å². The molecule has 6 nitrogen and oxygen atoms in total. The van der Waals surface area contributed by atoms with E-state index in [0.29, 0.717) is 11.5 Å². The summed E-state index contributed by atoms with van der Waals surface area (Å²) < 4.78 is 13.0. The molecule has 28 heavy (non-hydrogen) atoms. The normalized spacial score (nSPS) is 10.4. The monoisotopic (exact) mass is 379 g/mol. The van der Waals surface area contributed by atoms with Gasteiger partial charge in [0.05, 0.1) is 0 Å². The second-order valence-corrected chi connectivity index (χ2v) is 6.09. The number of rotatable bonds is 7. The highest BCUT2D eigenvalue weighted by Crippen LogP contribution is 2.20. The summed E-state index contributed by atoms with van der Waals surface area (Å²) in [4.78, 5) is 22.8. The Kier molecular flexibility index (Phi) is 6.16. The lowest BCUT2D eigenvalue weighted by Crippen LogP contribution is -2.21. The number of nitrogens with zero attached hydrogens (tertiary/aromatic N) is 3. The third kappa shape index (κ3) is 4.82. The Hall–Kier alpha value is -3.48. The molecule has 1 heterocycles. The summed E-state index contributed by atoms with van der Waals surface area (Å²) in [6.45, 7) is 6.13. The predicted molar refractivity (Wildman–Crippen MR) is 110 cm³/mol. The molecular formula is C21H22FN5O. The molecule has 0 unspecified atom stereocenters. The van der Waals surface area contributed by atoms with Crippen molar-refractivity contribution in [3.8, 4) is 0 Å². The van der Waals surface area contributed by atoms with Crippen LogP contribution in [0.2, 0.25) is 0 Å². The van der Waals surface area contributed by atoms with Gasteiger partial charge in [0, 0.05) is 36.2 Å². The van der Waals surface area contributed by atoms with Gasteiger partial charge >= 0.3 is 0 Å². The number of amides is 1. The fourth-order valence-electron chi connectivity index (χ4n) is 2.77. The maximum absolute atomic E-state index is 13.0. The van der Waals surface area contributed by atoms with E-state index in [0.717, 1.165) is 24.5 Å². The molecule has 0 bridgehead atoms. The van der Waals surface area contributed by atoms with E-state index in [1.807, 2.05) is 24.3 Å². The van der Waals surface area contributed by atoms with E-state index in [4.69, 9.17) is 0 Å². The van der Waals surface area contributed by atoms with Gasteiger partial charge in [-0.05, 0) is 62.4 Å². The zero-order chi connectivity index (χ0) is 19.9. The Bertz CT molecular complexity index is 924. The van der Waals surface area contributed by atoms with Crippen molar-refractivity contribution in [3.05, 3.63) is 72.4 Å². The van der Waals surface area contributed by atoms with Crippen LogP contribution in [0.15, 0.2) is 60.9 Å². The topological polar surface area (TPSA) is 70.2 Å². The molecule has 2 aromatic carbocycles. The first-order chi connectivity index (χ1) is 13.6. The summed E-state index contributed by atoms with van der Waals surface area (Å²) in [6.07, 6.45) is 1.33. The molecule has 2 N–H and O–H groups in total. The van der Waals surface area contributed by atoms with Crippen molar-refractivity contribution >= 4 is 28.8 Å². The Morgan fingerprint density at radius 3 is 2.25 bits per heavy atom. The lowest BCUT2D eigenvalue weighted by molar-refractivity contribution is 0.102. The molecule has 0 saturated carbocycles. The second-order valence-electron chi connectivity index (χ2n) is 6.09. The number of halogens is 1. The average molecular weight is 379 g/mol. The number of hydrogen-bond acceptors (Lipinski definition) is 5. The first-order valence-corrected chi connectivity index (χ1v) is 9.10. The molecule has 0 fully saturated rings. The van der Waals surface area contributed by atoms with E-state index in [9.17, 15) is 9.18 Å². The largest absolute Gasteiger partial charge is 0.372 e. The molecular weight excluding hydrogens is 357 g/mol. The highest BCUT2D eigenvalue weighted by molar-refractivity contribution is 6.03. The second kappa shape index (κ2) is 8.94. The minimum absolute atomic E-state index is 0.210. The molecule has 0 atom stereocenters. The van der Waals surface area contributed by atoms with Crippen LogP contribution in [0, 0.1) is 5.82 Å². The maximum Gasteiger partial charge on any atom is 0.274 e. The van der Waals surface area contributed by atoms with Gasteiger partial charge in [-0.25, -0.2) is 14.4 Å². The molecule has 0 saturated heterocycles. The van der Waals surface area contributed by atoms with Crippen LogP contribution in [0.25, 0.3) is 0 Å². The zero-order valence-corrected chi connectivity index (χ0v) is 15.8. The number of benzene rings is 2. The number of hydrogen-bond donors (Lipinski definition) is 2. The van der Waals surface area contributed by atoms with E-state index < -0.39 is 5.91 Å². The molecule has 1 amide bonds. The van der Waals surface area contributed by atoms with Crippen molar-refractivity contribution in [1.82, 2.24) is 9.97 Å². The van der Waals surface area contributed by atoms with Gasteiger partial charge in [0.1, 0.15) is 23.7 Å². The van der Waals surface area contributed by atoms with Gasteiger partial charge in [0.15, 0.2) is 0 Å². The van der Waals surface area contributed by atoms with Crippen LogP contribution in [0.5, 0.6) is 0 Å². The summed E-state index contributed by atoms with van der Waals surface area (Å²) >= 11 is 0. The van der Waals surface area contributed by atoms with Crippen LogP contribution in [-0.2, 0) is 0 Å². The van der Waals surface area contributed by atoms with Crippen LogP contribution in [0.3, 0.4) is 0 Å². The lowest BCUT2D eigenvalue weighted by Gasteiger charge is -2.21. The van der Waals surface area contributed by atoms with Gasteiger partial charge in [0.25, 0.3) is 5.91 Å². The highest BCUT2D eigenvalue weighted by atomic mass is 19.1. The molecule has 144 valence electrons.